The summed E-state index contributed by atoms with van der Waals surface area (Å²) < 4.78 is 45.3. The zero-order chi connectivity index (χ0) is 26.8. The van der Waals surface area contributed by atoms with Crippen molar-refractivity contribution in [2.24, 2.45) is 5.92 Å². The maximum absolute atomic E-state index is 13.3. The van der Waals surface area contributed by atoms with Crippen molar-refractivity contribution < 1.29 is 27.8 Å². The summed E-state index contributed by atoms with van der Waals surface area (Å²) in [4.78, 5) is 15.6. The van der Waals surface area contributed by atoms with Crippen molar-refractivity contribution in [2.75, 3.05) is 19.7 Å². The molecule has 2 fully saturated rings. The number of benzene rings is 2. The van der Waals surface area contributed by atoms with Gasteiger partial charge in [0.25, 0.3) is 5.91 Å². The van der Waals surface area contributed by atoms with E-state index < -0.39 is 22.9 Å². The van der Waals surface area contributed by atoms with E-state index in [1.165, 1.54) is 6.07 Å². The molecule has 0 radical (unpaired) electrons. The normalized spacial score (nSPS) is 24.7. The Bertz CT molecular complexity index is 1070. The van der Waals surface area contributed by atoms with Crippen molar-refractivity contribution in [3.63, 3.8) is 0 Å². The van der Waals surface area contributed by atoms with Crippen molar-refractivity contribution in [3.8, 4) is 0 Å². The first-order chi connectivity index (χ1) is 17.4. The van der Waals surface area contributed by atoms with Crippen LogP contribution >= 0.6 is 11.6 Å². The van der Waals surface area contributed by atoms with Crippen molar-refractivity contribution in [3.05, 3.63) is 70.2 Å². The fourth-order valence-electron chi connectivity index (χ4n) is 5.46. The van der Waals surface area contributed by atoms with Crippen molar-refractivity contribution >= 4 is 17.5 Å². The molecule has 0 bridgehead atoms. The van der Waals surface area contributed by atoms with Gasteiger partial charge in [-0.15, -0.1) is 0 Å². The minimum atomic E-state index is -4.43. The molecule has 2 saturated heterocycles. The Hall–Kier alpha value is -2.13. The van der Waals surface area contributed by atoms with Crippen molar-refractivity contribution in [1.29, 1.82) is 0 Å². The Morgan fingerprint density at radius 1 is 1.16 bits per heavy atom. The van der Waals surface area contributed by atoms with Gasteiger partial charge in [-0.2, -0.15) is 13.2 Å². The number of aliphatic hydroxyl groups is 1. The number of nitrogens with zero attached hydrogens (tertiary/aromatic N) is 1. The van der Waals surface area contributed by atoms with Crippen LogP contribution in [0.5, 0.6) is 0 Å². The third-order valence-corrected chi connectivity index (χ3v) is 8.18. The zero-order valence-corrected chi connectivity index (χ0v) is 21.9. The summed E-state index contributed by atoms with van der Waals surface area (Å²) in [5.74, 6) is -0.402. The number of hydrogen-bond acceptors (Lipinski definition) is 4. The molecular weight excluding hydrogens is 505 g/mol. The van der Waals surface area contributed by atoms with Gasteiger partial charge in [-0.3, -0.25) is 9.69 Å². The summed E-state index contributed by atoms with van der Waals surface area (Å²) >= 11 is 5.99. The average Bonchev–Trinajstić information content (AvgIpc) is 2.87. The lowest BCUT2D eigenvalue weighted by molar-refractivity contribution is -0.172. The number of piperidine rings is 1. The molecular formula is C28H34ClF3N2O3. The molecule has 2 aliphatic heterocycles. The minimum absolute atomic E-state index is 0.000578. The average molecular weight is 539 g/mol. The predicted molar refractivity (Wildman–Crippen MR) is 136 cm³/mol. The van der Waals surface area contributed by atoms with Crippen LogP contribution in [0.4, 0.5) is 13.2 Å². The van der Waals surface area contributed by atoms with Gasteiger partial charge < -0.3 is 15.2 Å². The molecule has 2 aliphatic rings. The predicted octanol–water partition coefficient (Wildman–Crippen LogP) is 5.53. The molecule has 1 amide bonds. The van der Waals surface area contributed by atoms with E-state index in [0.29, 0.717) is 49.5 Å². The summed E-state index contributed by atoms with van der Waals surface area (Å²) in [5, 5.41) is 14.6. The number of halogens is 4. The van der Waals surface area contributed by atoms with Crippen LogP contribution in [0.1, 0.15) is 56.2 Å². The summed E-state index contributed by atoms with van der Waals surface area (Å²) in [6, 6.07) is 12.4. The molecule has 2 atom stereocenters. The SMILES string of the molecule is CC(C)C1(C(=O)NCc2cccc(C(F)(F)F)c2)CCC(N2CCC(O)(c3ccc(Cl)cc3)CC2)CO1. The van der Waals surface area contributed by atoms with E-state index in [9.17, 15) is 23.1 Å². The Labute approximate surface area is 220 Å². The number of carbonyl (C=O) groups is 1. The molecule has 0 spiro atoms. The van der Waals surface area contributed by atoms with Gasteiger partial charge in [-0.05, 0) is 67.0 Å². The first-order valence-electron chi connectivity index (χ1n) is 12.7. The molecule has 202 valence electrons. The number of ether oxygens (including phenoxy) is 1. The number of rotatable bonds is 6. The second kappa shape index (κ2) is 10.9. The smallest absolute Gasteiger partial charge is 0.385 e. The van der Waals surface area contributed by atoms with E-state index >= 15 is 0 Å². The van der Waals surface area contributed by atoms with Crippen LogP contribution < -0.4 is 5.32 Å². The maximum atomic E-state index is 13.3. The Morgan fingerprint density at radius 3 is 2.41 bits per heavy atom. The van der Waals surface area contributed by atoms with Crippen LogP contribution in [0.15, 0.2) is 48.5 Å². The van der Waals surface area contributed by atoms with Crippen LogP contribution in [0.3, 0.4) is 0 Å². The molecule has 2 N–H and O–H groups in total. The van der Waals surface area contributed by atoms with E-state index in [-0.39, 0.29) is 24.4 Å². The summed E-state index contributed by atoms with van der Waals surface area (Å²) in [6.07, 6.45) is -1.97. The Morgan fingerprint density at radius 2 is 1.84 bits per heavy atom. The molecule has 2 heterocycles. The van der Waals surface area contributed by atoms with Gasteiger partial charge >= 0.3 is 6.18 Å². The molecule has 0 saturated carbocycles. The van der Waals surface area contributed by atoms with Gasteiger partial charge in [0, 0.05) is 30.7 Å². The van der Waals surface area contributed by atoms with E-state index in [4.69, 9.17) is 16.3 Å². The highest BCUT2D eigenvalue weighted by Crippen LogP contribution is 2.38. The van der Waals surface area contributed by atoms with Crippen LogP contribution in [0.25, 0.3) is 0 Å². The lowest BCUT2D eigenvalue weighted by atomic mass is 9.80. The highest BCUT2D eigenvalue weighted by molar-refractivity contribution is 6.30. The van der Waals surface area contributed by atoms with Crippen molar-refractivity contribution in [1.82, 2.24) is 10.2 Å². The van der Waals surface area contributed by atoms with Crippen molar-refractivity contribution in [2.45, 2.75) is 69.5 Å². The number of amides is 1. The van der Waals surface area contributed by atoms with Gasteiger partial charge in [0.05, 0.1) is 17.8 Å². The largest absolute Gasteiger partial charge is 0.416 e. The Kier molecular flexibility index (Phi) is 8.24. The van der Waals surface area contributed by atoms with Crippen LogP contribution in [-0.4, -0.2) is 47.3 Å². The first-order valence-corrected chi connectivity index (χ1v) is 13.1. The molecule has 4 rings (SSSR count). The number of nitrogens with one attached hydrogen (secondary N) is 1. The quantitative estimate of drug-likeness (QED) is 0.507. The number of alkyl halides is 3. The fraction of sp³-hybridized carbons (Fsp3) is 0.536. The lowest BCUT2D eigenvalue weighted by Gasteiger charge is -2.47. The number of carbonyl (C=O) groups excluding carboxylic acids is 1. The molecule has 2 unspecified atom stereocenters. The van der Waals surface area contributed by atoms with E-state index in [2.05, 4.69) is 10.2 Å². The summed E-state index contributed by atoms with van der Waals surface area (Å²) in [5.41, 5.74) is -1.40. The van der Waals surface area contributed by atoms with Gasteiger partial charge in [0.2, 0.25) is 0 Å². The second-order valence-electron chi connectivity index (χ2n) is 10.5. The van der Waals surface area contributed by atoms with Gasteiger partial charge in [-0.1, -0.05) is 49.7 Å². The molecule has 37 heavy (non-hydrogen) atoms. The van der Waals surface area contributed by atoms with E-state index in [1.807, 2.05) is 26.0 Å². The van der Waals surface area contributed by atoms with Crippen LogP contribution in [-0.2, 0) is 27.9 Å². The molecule has 2 aromatic carbocycles. The standard InChI is InChI=1S/C28H34ClF3N2O3/c1-19(2)27(25(35)33-17-20-4-3-5-22(16-20)28(30,31)32)11-10-24(18-37-27)34-14-12-26(36,13-15-34)21-6-8-23(29)9-7-21/h3-9,16,19,24,36H,10-15,17-18H2,1-2H3,(H,33,35). The second-order valence-corrected chi connectivity index (χ2v) is 10.9. The highest BCUT2D eigenvalue weighted by atomic mass is 35.5. The molecule has 0 aliphatic carbocycles. The van der Waals surface area contributed by atoms with Gasteiger partial charge in [0.1, 0.15) is 5.60 Å². The molecule has 5 nitrogen and oxygen atoms in total. The van der Waals surface area contributed by atoms with Gasteiger partial charge in [0.15, 0.2) is 0 Å². The zero-order valence-electron chi connectivity index (χ0n) is 21.2. The molecule has 2 aromatic rings. The Balaban J connectivity index is 1.34. The van der Waals surface area contributed by atoms with E-state index in [0.717, 1.165) is 24.1 Å². The third-order valence-electron chi connectivity index (χ3n) is 7.93. The number of likely N-dealkylation sites (tertiary alicyclic amines) is 1. The van der Waals surface area contributed by atoms with Crippen LogP contribution in [0, 0.1) is 5.92 Å². The monoisotopic (exact) mass is 538 g/mol. The first kappa shape index (κ1) is 27.9. The maximum Gasteiger partial charge on any atom is 0.416 e. The highest BCUT2D eigenvalue weighted by Gasteiger charge is 2.47. The third kappa shape index (κ3) is 6.14. The van der Waals surface area contributed by atoms with Gasteiger partial charge in [-0.25, -0.2) is 0 Å². The lowest BCUT2D eigenvalue weighted by Crippen LogP contribution is -2.59. The molecule has 9 heteroatoms. The minimum Gasteiger partial charge on any atom is -0.385 e. The fourth-order valence-corrected chi connectivity index (χ4v) is 5.59. The topological polar surface area (TPSA) is 61.8 Å². The summed E-state index contributed by atoms with van der Waals surface area (Å²) in [7, 11) is 0. The molecule has 0 aromatic heterocycles. The van der Waals surface area contributed by atoms with E-state index in [1.54, 1.807) is 18.2 Å². The summed E-state index contributed by atoms with van der Waals surface area (Å²) in [6.45, 7) is 5.66. The van der Waals surface area contributed by atoms with Crippen LogP contribution in [0.2, 0.25) is 5.02 Å². The number of hydrogen-bond donors (Lipinski definition) is 2.